The summed E-state index contributed by atoms with van der Waals surface area (Å²) in [5, 5.41) is 0. The van der Waals surface area contributed by atoms with Crippen molar-refractivity contribution in [3.8, 4) is 28.0 Å². The van der Waals surface area contributed by atoms with Crippen molar-refractivity contribution in [2.45, 2.75) is 38.3 Å². The standard InChI is InChI=1S/C35H26F10O4/c1-2-3-8-46-22-16-47-34(48-17-22)20-12-30(40)33(31(41)13-20)35(44,45)49-21-5-7-23(29(39)14-21)18-4-6-24(26(36)9-18)19-10-27(37)25(15-32(42)43)28(38)11-19/h4-7,9-15,22,34H,2-3,8,16-17H2,1H3. The summed E-state index contributed by atoms with van der Waals surface area (Å²) in [5.74, 6) is -9.22. The number of hydrogen-bond donors (Lipinski definition) is 0. The monoisotopic (exact) mass is 700 g/mol. The normalized spacial score (nSPS) is 16.5. The molecule has 0 aliphatic carbocycles. The maximum atomic E-state index is 15.1. The van der Waals surface area contributed by atoms with Gasteiger partial charge in [-0.3, -0.25) is 0 Å². The highest BCUT2D eigenvalue weighted by Gasteiger charge is 2.42. The van der Waals surface area contributed by atoms with Crippen LogP contribution in [0.25, 0.3) is 28.3 Å². The van der Waals surface area contributed by atoms with Crippen LogP contribution >= 0.6 is 0 Å². The molecule has 1 saturated heterocycles. The van der Waals surface area contributed by atoms with E-state index < -0.39 is 76.4 Å². The van der Waals surface area contributed by atoms with E-state index in [1.165, 1.54) is 0 Å². The number of unbranched alkanes of at least 4 members (excludes halogenated alkanes) is 1. The molecule has 49 heavy (non-hydrogen) atoms. The van der Waals surface area contributed by atoms with Crippen LogP contribution < -0.4 is 4.74 Å². The van der Waals surface area contributed by atoms with E-state index in [0.717, 1.165) is 43.2 Å². The molecule has 1 aliphatic rings. The smallest absolute Gasteiger partial charge is 0.429 e. The van der Waals surface area contributed by atoms with Crippen LogP contribution in [0.1, 0.15) is 42.7 Å². The van der Waals surface area contributed by atoms with Crippen LogP contribution in [0.3, 0.4) is 0 Å². The van der Waals surface area contributed by atoms with Crippen molar-refractivity contribution < 1.29 is 62.9 Å². The lowest BCUT2D eigenvalue weighted by Gasteiger charge is -2.30. The highest BCUT2D eigenvalue weighted by atomic mass is 19.3. The number of halogens is 10. The Balaban J connectivity index is 1.30. The lowest BCUT2D eigenvalue weighted by atomic mass is 9.98. The fourth-order valence-electron chi connectivity index (χ4n) is 5.07. The molecule has 4 aromatic carbocycles. The minimum atomic E-state index is -4.62. The Hall–Kier alpha value is -4.40. The molecular weight excluding hydrogens is 674 g/mol. The maximum absolute atomic E-state index is 15.1. The predicted molar refractivity (Wildman–Crippen MR) is 158 cm³/mol. The Bertz CT molecular complexity index is 1800. The Morgan fingerprint density at radius 3 is 1.90 bits per heavy atom. The fourth-order valence-corrected chi connectivity index (χ4v) is 5.07. The molecule has 0 radical (unpaired) electrons. The summed E-state index contributed by atoms with van der Waals surface area (Å²) in [6, 6.07) is 7.77. The Morgan fingerprint density at radius 2 is 1.33 bits per heavy atom. The van der Waals surface area contributed by atoms with Gasteiger partial charge in [0, 0.05) is 35.4 Å². The fraction of sp³-hybridized carbons (Fsp3) is 0.257. The van der Waals surface area contributed by atoms with Gasteiger partial charge in [-0.25, -0.2) is 26.3 Å². The second-order valence-corrected chi connectivity index (χ2v) is 10.9. The minimum absolute atomic E-state index is 0.0223. The van der Waals surface area contributed by atoms with Gasteiger partial charge in [0.05, 0.1) is 18.8 Å². The summed E-state index contributed by atoms with van der Waals surface area (Å²) in [4.78, 5) is 0. The number of rotatable bonds is 11. The van der Waals surface area contributed by atoms with E-state index in [4.69, 9.17) is 14.2 Å². The summed E-state index contributed by atoms with van der Waals surface area (Å²) in [5.41, 5.74) is -4.11. The second-order valence-electron chi connectivity index (χ2n) is 10.9. The van der Waals surface area contributed by atoms with Crippen molar-refractivity contribution in [1.29, 1.82) is 0 Å². The summed E-state index contributed by atoms with van der Waals surface area (Å²) < 4.78 is 164. The Morgan fingerprint density at radius 1 is 0.755 bits per heavy atom. The van der Waals surface area contributed by atoms with E-state index in [2.05, 4.69) is 4.74 Å². The maximum Gasteiger partial charge on any atom is 0.432 e. The molecule has 0 aromatic heterocycles. The first-order chi connectivity index (χ1) is 23.3. The molecule has 0 bridgehead atoms. The highest BCUT2D eigenvalue weighted by molar-refractivity contribution is 5.73. The predicted octanol–water partition coefficient (Wildman–Crippen LogP) is 10.5. The molecule has 1 aliphatic heterocycles. The van der Waals surface area contributed by atoms with Gasteiger partial charge in [0.25, 0.3) is 6.08 Å². The lowest BCUT2D eigenvalue weighted by molar-refractivity contribution is -0.230. The third kappa shape index (κ3) is 8.26. The Kier molecular flexibility index (Phi) is 11.0. The zero-order valence-corrected chi connectivity index (χ0v) is 25.5. The van der Waals surface area contributed by atoms with Gasteiger partial charge in [-0.05, 0) is 60.0 Å². The van der Waals surface area contributed by atoms with E-state index in [9.17, 15) is 30.7 Å². The molecule has 0 amide bonds. The van der Waals surface area contributed by atoms with Crippen molar-refractivity contribution >= 4 is 6.08 Å². The molecule has 4 aromatic rings. The molecule has 0 atom stereocenters. The van der Waals surface area contributed by atoms with E-state index in [1.807, 2.05) is 6.92 Å². The van der Waals surface area contributed by atoms with Crippen molar-refractivity contribution in [2.24, 2.45) is 0 Å². The molecule has 0 saturated carbocycles. The van der Waals surface area contributed by atoms with Crippen molar-refractivity contribution in [3.05, 3.63) is 118 Å². The van der Waals surface area contributed by atoms with Gasteiger partial charge in [0.2, 0.25) is 0 Å². The minimum Gasteiger partial charge on any atom is -0.429 e. The van der Waals surface area contributed by atoms with E-state index in [0.29, 0.717) is 36.9 Å². The zero-order chi connectivity index (χ0) is 35.5. The first kappa shape index (κ1) is 35.9. The van der Waals surface area contributed by atoms with Gasteiger partial charge < -0.3 is 18.9 Å². The molecule has 14 heteroatoms. The van der Waals surface area contributed by atoms with Crippen LogP contribution in [-0.4, -0.2) is 25.9 Å². The molecule has 1 heterocycles. The average molecular weight is 701 g/mol. The summed E-state index contributed by atoms with van der Waals surface area (Å²) >= 11 is 0. The third-order valence-electron chi connectivity index (χ3n) is 7.46. The quantitative estimate of drug-likeness (QED) is 0.115. The molecular formula is C35H26F10O4. The molecule has 1 fully saturated rings. The van der Waals surface area contributed by atoms with Crippen molar-refractivity contribution in [3.63, 3.8) is 0 Å². The van der Waals surface area contributed by atoms with Gasteiger partial charge in [-0.2, -0.15) is 17.6 Å². The number of alkyl halides is 2. The number of hydrogen-bond acceptors (Lipinski definition) is 4. The first-order valence-electron chi connectivity index (χ1n) is 14.8. The summed E-state index contributed by atoms with van der Waals surface area (Å²) in [6.07, 6.45) is -6.90. The Labute approximate surface area is 273 Å². The molecule has 260 valence electrons. The van der Waals surface area contributed by atoms with Gasteiger partial charge in [-0.15, -0.1) is 0 Å². The SMILES string of the molecule is CCCCOC1COC(c2cc(F)c(C(F)(F)Oc3ccc(-c4ccc(-c5cc(F)c(C=C(F)F)c(F)c5)c(F)c4)c(F)c3)c(F)c2)OC1. The van der Waals surface area contributed by atoms with E-state index in [1.54, 1.807) is 0 Å². The van der Waals surface area contributed by atoms with E-state index in [-0.39, 0.29) is 47.1 Å². The van der Waals surface area contributed by atoms with Crippen LogP contribution in [0.4, 0.5) is 43.9 Å². The third-order valence-corrected chi connectivity index (χ3v) is 7.46. The van der Waals surface area contributed by atoms with Crippen LogP contribution in [0, 0.1) is 34.9 Å². The van der Waals surface area contributed by atoms with Crippen molar-refractivity contribution in [2.75, 3.05) is 19.8 Å². The molecule has 4 nitrogen and oxygen atoms in total. The van der Waals surface area contributed by atoms with Gasteiger partial charge in [0.15, 0.2) is 6.29 Å². The molecule has 0 N–H and O–H groups in total. The van der Waals surface area contributed by atoms with Gasteiger partial charge in [0.1, 0.15) is 52.3 Å². The topological polar surface area (TPSA) is 36.9 Å². The van der Waals surface area contributed by atoms with Gasteiger partial charge >= 0.3 is 6.11 Å². The van der Waals surface area contributed by atoms with Crippen LogP contribution in [0.5, 0.6) is 5.75 Å². The molecule has 5 rings (SSSR count). The number of ether oxygens (including phenoxy) is 4. The van der Waals surface area contributed by atoms with Crippen molar-refractivity contribution in [1.82, 2.24) is 0 Å². The van der Waals surface area contributed by atoms with Gasteiger partial charge in [-0.1, -0.05) is 25.5 Å². The largest absolute Gasteiger partial charge is 0.432 e. The number of benzene rings is 4. The van der Waals surface area contributed by atoms with Crippen LogP contribution in [0.2, 0.25) is 0 Å². The highest BCUT2D eigenvalue weighted by Crippen LogP contribution is 2.39. The first-order valence-corrected chi connectivity index (χ1v) is 14.8. The lowest BCUT2D eigenvalue weighted by Crippen LogP contribution is -2.34. The van der Waals surface area contributed by atoms with E-state index >= 15 is 13.2 Å². The van der Waals surface area contributed by atoms with Crippen LogP contribution in [-0.2, 0) is 20.3 Å². The van der Waals surface area contributed by atoms with Crippen LogP contribution in [0.15, 0.2) is 66.7 Å². The average Bonchev–Trinajstić information content (AvgIpc) is 3.02. The summed E-state index contributed by atoms with van der Waals surface area (Å²) in [6.45, 7) is 2.56. The zero-order valence-electron chi connectivity index (χ0n) is 25.5. The summed E-state index contributed by atoms with van der Waals surface area (Å²) in [7, 11) is 0. The second kappa shape index (κ2) is 15.0. The molecule has 0 unspecified atom stereocenters. The molecule has 0 spiro atoms.